The summed E-state index contributed by atoms with van der Waals surface area (Å²) < 4.78 is 12.3. The Balaban J connectivity index is 1.00. The van der Waals surface area contributed by atoms with Crippen LogP contribution in [-0.4, -0.2) is 57.2 Å². The fraction of sp³-hybridized carbons (Fsp3) is 0.250. The van der Waals surface area contributed by atoms with Crippen LogP contribution in [0.1, 0.15) is 45.6 Å². The van der Waals surface area contributed by atoms with E-state index in [4.69, 9.17) is 9.47 Å². The van der Waals surface area contributed by atoms with Crippen LogP contribution in [0.2, 0.25) is 0 Å². The van der Waals surface area contributed by atoms with Gasteiger partial charge in [-0.2, -0.15) is 4.98 Å². The maximum Gasteiger partial charge on any atom is 0.407 e. The van der Waals surface area contributed by atoms with Crippen molar-refractivity contribution in [3.63, 3.8) is 0 Å². The Bertz CT molecular complexity index is 1660. The molecule has 1 aliphatic heterocycles. The van der Waals surface area contributed by atoms with Gasteiger partial charge in [-0.3, -0.25) is 9.36 Å². The average Bonchev–Trinajstić information content (AvgIpc) is 3.56. The number of hydrogen-bond acceptors (Lipinski definition) is 8. The largest absolute Gasteiger partial charge is 0.449 e. The molecule has 0 radical (unpaired) electrons. The van der Waals surface area contributed by atoms with Crippen molar-refractivity contribution >= 4 is 17.8 Å². The highest BCUT2D eigenvalue weighted by Gasteiger charge is 2.35. The fourth-order valence-corrected chi connectivity index (χ4v) is 5.54. The molecule has 11 nitrogen and oxygen atoms in total. The zero-order valence-electron chi connectivity index (χ0n) is 23.1. The number of alkyl carbamates (subject to hydrolysis) is 1. The van der Waals surface area contributed by atoms with Gasteiger partial charge in [-0.05, 0) is 46.0 Å². The number of amides is 2. The lowest BCUT2D eigenvalue weighted by molar-refractivity contribution is -0.0458. The first-order chi connectivity index (χ1) is 20.9. The summed E-state index contributed by atoms with van der Waals surface area (Å²) >= 11 is 0. The van der Waals surface area contributed by atoms with Crippen molar-refractivity contribution in [1.82, 2.24) is 14.9 Å². The molecule has 4 aromatic rings. The van der Waals surface area contributed by atoms with Gasteiger partial charge < -0.3 is 30.3 Å². The maximum absolute atomic E-state index is 12.7. The predicted molar refractivity (Wildman–Crippen MR) is 156 cm³/mol. The zero-order valence-corrected chi connectivity index (χ0v) is 23.1. The van der Waals surface area contributed by atoms with Gasteiger partial charge in [0.1, 0.15) is 24.8 Å². The number of aliphatic hydroxyl groups is 2. The van der Waals surface area contributed by atoms with E-state index in [9.17, 15) is 24.6 Å². The highest BCUT2D eigenvalue weighted by molar-refractivity contribution is 6.03. The highest BCUT2D eigenvalue weighted by atomic mass is 16.6. The fourth-order valence-electron chi connectivity index (χ4n) is 5.54. The third-order valence-corrected chi connectivity index (χ3v) is 7.76. The van der Waals surface area contributed by atoms with Crippen molar-refractivity contribution < 1.29 is 29.3 Å². The van der Waals surface area contributed by atoms with Crippen molar-refractivity contribution in [2.75, 3.05) is 18.5 Å². The minimum absolute atomic E-state index is 0.0273. The van der Waals surface area contributed by atoms with E-state index in [-0.39, 0.29) is 37.9 Å². The van der Waals surface area contributed by atoms with Gasteiger partial charge >= 0.3 is 11.8 Å². The highest BCUT2D eigenvalue weighted by Crippen LogP contribution is 2.44. The molecule has 3 aromatic carbocycles. The molecule has 43 heavy (non-hydrogen) atoms. The Kier molecular flexibility index (Phi) is 8.01. The minimum Gasteiger partial charge on any atom is -0.449 e. The molecule has 6 rings (SSSR count). The van der Waals surface area contributed by atoms with E-state index in [0.29, 0.717) is 5.56 Å². The summed E-state index contributed by atoms with van der Waals surface area (Å²) in [6.45, 7) is 0.0715. The van der Waals surface area contributed by atoms with Crippen LogP contribution in [0.3, 0.4) is 0 Å². The maximum atomic E-state index is 12.7. The van der Waals surface area contributed by atoms with Gasteiger partial charge in [0.25, 0.3) is 5.91 Å². The number of nitrogens with one attached hydrogen (secondary N) is 2. The molecule has 2 amide bonds. The minimum atomic E-state index is -0.890. The predicted octanol–water partition coefficient (Wildman–Crippen LogP) is 3.18. The molecule has 1 unspecified atom stereocenters. The standard InChI is InChI=1S/C32H30N4O7/c37-17-27-26(38)15-29(43-27)36-14-13-28(35-31(36)40)34-30(39)20-11-9-19(10-12-20)16-33-32(41)42-18-25-23-7-3-1-5-21(23)22-6-2-4-8-24(22)25/h1-14,25-27,29,37-38H,15-18H2,(H,33,41)(H,34,35,39,40)/t26?,27-,29-/m1/s1. The van der Waals surface area contributed by atoms with Crippen LogP contribution in [-0.2, 0) is 16.0 Å². The van der Waals surface area contributed by atoms with E-state index in [1.165, 1.54) is 16.8 Å². The number of aromatic nitrogens is 2. The summed E-state index contributed by atoms with van der Waals surface area (Å²) in [4.78, 5) is 41.6. The van der Waals surface area contributed by atoms with Crippen molar-refractivity contribution in [3.05, 3.63) is 118 Å². The van der Waals surface area contributed by atoms with Crippen LogP contribution in [0.25, 0.3) is 11.1 Å². The summed E-state index contributed by atoms with van der Waals surface area (Å²) in [5.74, 6) is -0.432. The number of ether oxygens (including phenoxy) is 2. The van der Waals surface area contributed by atoms with Crippen molar-refractivity contribution in [2.24, 2.45) is 0 Å². The molecular formula is C32H30N4O7. The summed E-state index contributed by atoms with van der Waals surface area (Å²) in [6, 6.07) is 24.4. The Labute approximate surface area is 246 Å². The number of fused-ring (bicyclic) bond motifs is 3. The third kappa shape index (κ3) is 5.91. The van der Waals surface area contributed by atoms with Gasteiger partial charge in [-0.15, -0.1) is 0 Å². The second kappa shape index (κ2) is 12.2. The first kappa shape index (κ1) is 28.3. The van der Waals surface area contributed by atoms with Crippen LogP contribution in [0.4, 0.5) is 10.6 Å². The average molecular weight is 583 g/mol. The summed E-state index contributed by atoms with van der Waals surface area (Å²) in [7, 11) is 0. The van der Waals surface area contributed by atoms with E-state index in [0.717, 1.165) is 27.8 Å². The molecule has 220 valence electrons. The Hall–Kier alpha value is -4.84. The molecule has 1 aromatic heterocycles. The number of anilines is 1. The van der Waals surface area contributed by atoms with Gasteiger partial charge in [0.15, 0.2) is 0 Å². The molecule has 0 bridgehead atoms. The van der Waals surface area contributed by atoms with Gasteiger partial charge in [0.05, 0.1) is 12.7 Å². The molecule has 11 heteroatoms. The van der Waals surface area contributed by atoms with Crippen molar-refractivity contribution in [3.8, 4) is 11.1 Å². The van der Waals surface area contributed by atoms with E-state index in [1.807, 2.05) is 24.3 Å². The number of carbonyl (C=O) groups excluding carboxylic acids is 2. The second-order valence-electron chi connectivity index (χ2n) is 10.4. The number of aliphatic hydroxyl groups excluding tert-OH is 2. The van der Waals surface area contributed by atoms with Crippen LogP contribution in [0.15, 0.2) is 89.9 Å². The van der Waals surface area contributed by atoms with Crippen LogP contribution in [0, 0.1) is 0 Å². The number of hydrogen-bond donors (Lipinski definition) is 4. The second-order valence-corrected chi connectivity index (χ2v) is 10.4. The molecule has 0 saturated carbocycles. The number of rotatable bonds is 8. The quantitative estimate of drug-likeness (QED) is 0.247. The van der Waals surface area contributed by atoms with E-state index >= 15 is 0 Å². The summed E-state index contributed by atoms with van der Waals surface area (Å²) in [5.41, 5.74) is 5.04. The van der Waals surface area contributed by atoms with Crippen molar-refractivity contribution in [1.29, 1.82) is 0 Å². The SMILES string of the molecule is O=C(NCc1ccc(C(=O)Nc2ccn([C@H]3CC(O)[C@@H](CO)O3)c(=O)n2)cc1)OCC1c2ccccc2-c2ccccc21. The van der Waals surface area contributed by atoms with Crippen LogP contribution >= 0.6 is 0 Å². The zero-order chi connectivity index (χ0) is 29.9. The Morgan fingerprint density at radius 1 is 0.977 bits per heavy atom. The number of carbonyl (C=O) groups is 2. The molecule has 1 saturated heterocycles. The molecule has 2 heterocycles. The van der Waals surface area contributed by atoms with Gasteiger partial charge in [0, 0.05) is 30.6 Å². The van der Waals surface area contributed by atoms with E-state index in [2.05, 4.69) is 39.9 Å². The molecule has 0 spiro atoms. The molecule has 4 N–H and O–H groups in total. The number of nitrogens with zero attached hydrogens (tertiary/aromatic N) is 2. The summed E-state index contributed by atoms with van der Waals surface area (Å²) in [5, 5.41) is 24.5. The van der Waals surface area contributed by atoms with Crippen LogP contribution < -0.4 is 16.3 Å². The lowest BCUT2D eigenvalue weighted by atomic mass is 9.98. The first-order valence-corrected chi connectivity index (χ1v) is 13.9. The van der Waals surface area contributed by atoms with Gasteiger partial charge in [-0.25, -0.2) is 9.59 Å². The van der Waals surface area contributed by atoms with E-state index < -0.39 is 36.1 Å². The van der Waals surface area contributed by atoms with Gasteiger partial charge in [0.2, 0.25) is 0 Å². The Morgan fingerprint density at radius 3 is 2.28 bits per heavy atom. The molecular weight excluding hydrogens is 552 g/mol. The van der Waals surface area contributed by atoms with E-state index in [1.54, 1.807) is 24.3 Å². The molecule has 1 fully saturated rings. The normalized spacial score (nSPS) is 19.0. The monoisotopic (exact) mass is 582 g/mol. The van der Waals surface area contributed by atoms with Crippen LogP contribution in [0.5, 0.6) is 0 Å². The topological polar surface area (TPSA) is 152 Å². The Morgan fingerprint density at radius 2 is 1.65 bits per heavy atom. The molecule has 1 aliphatic carbocycles. The first-order valence-electron chi connectivity index (χ1n) is 13.9. The third-order valence-electron chi connectivity index (χ3n) is 7.76. The molecule has 2 aliphatic rings. The van der Waals surface area contributed by atoms with Crippen molar-refractivity contribution in [2.45, 2.75) is 37.3 Å². The summed E-state index contributed by atoms with van der Waals surface area (Å²) in [6.07, 6.45) is -1.40. The lowest BCUT2D eigenvalue weighted by Crippen LogP contribution is -2.28. The van der Waals surface area contributed by atoms with Gasteiger partial charge in [-0.1, -0.05) is 60.7 Å². The lowest BCUT2D eigenvalue weighted by Gasteiger charge is -2.15. The number of benzene rings is 3. The molecule has 3 atom stereocenters. The smallest absolute Gasteiger partial charge is 0.407 e.